The normalized spacial score (nSPS) is 34.2. The highest BCUT2D eigenvalue weighted by atomic mass is 79.9. The predicted molar refractivity (Wildman–Crippen MR) is 82.4 cm³/mol. The summed E-state index contributed by atoms with van der Waals surface area (Å²) in [7, 11) is 0. The zero-order valence-electron chi connectivity index (χ0n) is 12.2. The van der Waals surface area contributed by atoms with E-state index >= 15 is 0 Å². The summed E-state index contributed by atoms with van der Waals surface area (Å²) in [6, 6.07) is 2.10. The first-order valence-electron chi connectivity index (χ1n) is 7.26. The molecule has 1 N–H and O–H groups in total. The number of hydrogen-bond acceptors (Lipinski definition) is 2. The quantitative estimate of drug-likeness (QED) is 0.892. The van der Waals surface area contributed by atoms with Crippen molar-refractivity contribution in [3.8, 4) is 0 Å². The molecule has 0 aromatic carbocycles. The molecule has 0 unspecified atom stereocenters. The fourth-order valence-electron chi connectivity index (χ4n) is 4.20. The van der Waals surface area contributed by atoms with Crippen molar-refractivity contribution >= 4 is 21.8 Å². The molecule has 1 heterocycles. The van der Waals surface area contributed by atoms with E-state index in [4.69, 9.17) is 0 Å². The van der Waals surface area contributed by atoms with Gasteiger partial charge in [-0.3, -0.25) is 9.78 Å². The van der Waals surface area contributed by atoms with E-state index in [0.717, 1.165) is 16.8 Å². The van der Waals surface area contributed by atoms with Crippen LogP contribution in [0.3, 0.4) is 0 Å². The molecular formula is C16H21BrN2O. The number of amides is 1. The summed E-state index contributed by atoms with van der Waals surface area (Å²) in [5, 5.41) is 3.25. The summed E-state index contributed by atoms with van der Waals surface area (Å²) < 4.78 is 0.838. The van der Waals surface area contributed by atoms with Crippen molar-refractivity contribution in [1.29, 1.82) is 0 Å². The van der Waals surface area contributed by atoms with Crippen molar-refractivity contribution in [2.45, 2.75) is 46.1 Å². The highest BCUT2D eigenvalue weighted by Crippen LogP contribution is 2.65. The number of carbonyl (C=O) groups excluding carboxylic acids is 1. The smallest absolute Gasteiger partial charge is 0.253 e. The molecule has 1 aromatic heterocycles. The predicted octanol–water partition coefficient (Wildman–Crippen LogP) is 3.79. The Hall–Kier alpha value is -0.900. The molecule has 0 radical (unpaired) electrons. The van der Waals surface area contributed by atoms with E-state index in [1.807, 2.05) is 6.07 Å². The van der Waals surface area contributed by atoms with Gasteiger partial charge in [-0.15, -0.1) is 0 Å². The number of carbonyl (C=O) groups is 1. The van der Waals surface area contributed by atoms with Gasteiger partial charge in [-0.25, -0.2) is 0 Å². The minimum Gasteiger partial charge on any atom is -0.349 e. The lowest BCUT2D eigenvalue weighted by atomic mass is 9.69. The monoisotopic (exact) mass is 336 g/mol. The van der Waals surface area contributed by atoms with Crippen molar-refractivity contribution in [3.05, 3.63) is 28.5 Å². The molecule has 3 rings (SSSR count). The fraction of sp³-hybridized carbons (Fsp3) is 0.625. The van der Waals surface area contributed by atoms with Gasteiger partial charge in [0, 0.05) is 22.9 Å². The van der Waals surface area contributed by atoms with Crippen LogP contribution < -0.4 is 5.32 Å². The van der Waals surface area contributed by atoms with E-state index in [1.165, 1.54) is 12.8 Å². The average Bonchev–Trinajstić information content (AvgIpc) is 2.72. The molecule has 108 valence electrons. The van der Waals surface area contributed by atoms with E-state index in [-0.39, 0.29) is 17.4 Å². The first-order valence-corrected chi connectivity index (χ1v) is 8.05. The highest BCUT2D eigenvalue weighted by Gasteiger charge is 2.61. The Morgan fingerprint density at radius 1 is 1.40 bits per heavy atom. The van der Waals surface area contributed by atoms with Crippen molar-refractivity contribution in [1.82, 2.24) is 10.3 Å². The minimum atomic E-state index is -0.00613. The molecule has 3 atom stereocenters. The van der Waals surface area contributed by atoms with Crippen LogP contribution >= 0.6 is 15.9 Å². The highest BCUT2D eigenvalue weighted by molar-refractivity contribution is 9.10. The number of rotatable bonds is 2. The van der Waals surface area contributed by atoms with Gasteiger partial charge in [-0.2, -0.15) is 0 Å². The maximum atomic E-state index is 12.4. The second kappa shape index (κ2) is 4.55. The van der Waals surface area contributed by atoms with Gasteiger partial charge in [0.05, 0.1) is 5.56 Å². The Balaban J connectivity index is 1.78. The van der Waals surface area contributed by atoms with E-state index in [1.54, 1.807) is 12.4 Å². The maximum Gasteiger partial charge on any atom is 0.253 e. The lowest BCUT2D eigenvalue weighted by Gasteiger charge is -2.39. The van der Waals surface area contributed by atoms with Crippen molar-refractivity contribution < 1.29 is 4.79 Å². The van der Waals surface area contributed by atoms with Gasteiger partial charge >= 0.3 is 0 Å². The summed E-state index contributed by atoms with van der Waals surface area (Å²) in [5.41, 5.74) is 1.16. The van der Waals surface area contributed by atoms with Gasteiger partial charge in [0.1, 0.15) is 0 Å². The van der Waals surface area contributed by atoms with Crippen LogP contribution in [0.4, 0.5) is 0 Å². The number of pyridine rings is 1. The molecule has 20 heavy (non-hydrogen) atoms. The molecule has 0 aliphatic heterocycles. The van der Waals surface area contributed by atoms with Gasteiger partial charge in [-0.1, -0.05) is 20.8 Å². The third kappa shape index (κ3) is 1.92. The fourth-order valence-corrected chi connectivity index (χ4v) is 4.56. The van der Waals surface area contributed by atoms with Crippen LogP contribution in [0.25, 0.3) is 0 Å². The van der Waals surface area contributed by atoms with Gasteiger partial charge in [-0.05, 0) is 58.0 Å². The Morgan fingerprint density at radius 2 is 2.15 bits per heavy atom. The standard InChI is InChI=1S/C16H21BrN2O/c1-15(2)11-4-5-16(15,3)13(7-11)19-14(20)10-6-12(17)9-18-8-10/h6,8-9,11,13H,4-5,7H2,1-3H3,(H,19,20)/t11-,13+,16-/m0/s1. The largest absolute Gasteiger partial charge is 0.349 e. The number of nitrogens with zero attached hydrogens (tertiary/aromatic N) is 1. The summed E-state index contributed by atoms with van der Waals surface area (Å²) in [6.07, 6.45) is 6.94. The molecule has 3 nitrogen and oxygen atoms in total. The third-order valence-corrected chi connectivity index (χ3v) is 6.50. The summed E-state index contributed by atoms with van der Waals surface area (Å²) in [6.45, 7) is 7.05. The summed E-state index contributed by atoms with van der Waals surface area (Å²) in [5.74, 6) is 0.729. The van der Waals surface area contributed by atoms with Gasteiger partial charge < -0.3 is 5.32 Å². The Kier molecular flexibility index (Phi) is 3.20. The number of aromatic nitrogens is 1. The van der Waals surface area contributed by atoms with E-state index < -0.39 is 0 Å². The SMILES string of the molecule is CC1(C)[C@H]2CC[C@@]1(C)[C@H](NC(=O)c1cncc(Br)c1)C2. The molecular weight excluding hydrogens is 316 g/mol. The molecule has 2 aliphatic rings. The topological polar surface area (TPSA) is 42.0 Å². The zero-order valence-corrected chi connectivity index (χ0v) is 13.8. The molecule has 0 saturated heterocycles. The molecule has 2 bridgehead atoms. The molecule has 2 saturated carbocycles. The van der Waals surface area contributed by atoms with Gasteiger partial charge in [0.2, 0.25) is 0 Å². The van der Waals surface area contributed by atoms with Gasteiger partial charge in [0.25, 0.3) is 5.91 Å². The number of halogens is 1. The second-order valence-electron chi connectivity index (χ2n) is 7.03. The third-order valence-electron chi connectivity index (χ3n) is 6.07. The van der Waals surface area contributed by atoms with E-state index in [2.05, 4.69) is 47.0 Å². The molecule has 0 spiro atoms. The van der Waals surface area contributed by atoms with Crippen LogP contribution in [0.15, 0.2) is 22.9 Å². The van der Waals surface area contributed by atoms with Crippen LogP contribution in [-0.2, 0) is 0 Å². The molecule has 1 amide bonds. The van der Waals surface area contributed by atoms with Gasteiger partial charge in [0.15, 0.2) is 0 Å². The lowest BCUT2D eigenvalue weighted by Crippen LogP contribution is -2.46. The summed E-state index contributed by atoms with van der Waals surface area (Å²) in [4.78, 5) is 16.5. The molecule has 2 aliphatic carbocycles. The van der Waals surface area contributed by atoms with E-state index in [9.17, 15) is 4.79 Å². The molecule has 1 aromatic rings. The minimum absolute atomic E-state index is 0.00613. The van der Waals surface area contributed by atoms with Crippen LogP contribution in [0.2, 0.25) is 0 Å². The Labute approximate surface area is 128 Å². The van der Waals surface area contributed by atoms with Crippen LogP contribution in [0, 0.1) is 16.7 Å². The Morgan fingerprint density at radius 3 is 2.70 bits per heavy atom. The van der Waals surface area contributed by atoms with E-state index in [0.29, 0.717) is 11.0 Å². The first kappa shape index (κ1) is 14.1. The zero-order chi connectivity index (χ0) is 14.5. The maximum absolute atomic E-state index is 12.4. The average molecular weight is 337 g/mol. The number of fused-ring (bicyclic) bond motifs is 2. The molecule has 4 heteroatoms. The Bertz CT molecular complexity index is 557. The summed E-state index contributed by atoms with van der Waals surface area (Å²) >= 11 is 3.36. The lowest BCUT2D eigenvalue weighted by molar-refractivity contribution is 0.0825. The van der Waals surface area contributed by atoms with Crippen molar-refractivity contribution in [2.24, 2.45) is 16.7 Å². The van der Waals surface area contributed by atoms with Crippen LogP contribution in [0.1, 0.15) is 50.4 Å². The first-order chi connectivity index (χ1) is 9.34. The second-order valence-corrected chi connectivity index (χ2v) is 7.94. The van der Waals surface area contributed by atoms with Crippen molar-refractivity contribution in [2.75, 3.05) is 0 Å². The van der Waals surface area contributed by atoms with Crippen molar-refractivity contribution in [3.63, 3.8) is 0 Å². The number of nitrogens with one attached hydrogen (secondary N) is 1. The van der Waals surface area contributed by atoms with Crippen LogP contribution in [-0.4, -0.2) is 16.9 Å². The van der Waals surface area contributed by atoms with Crippen LogP contribution in [0.5, 0.6) is 0 Å². The molecule has 2 fully saturated rings. The number of hydrogen-bond donors (Lipinski definition) is 1.